The molecular weight excluding hydrogens is 264 g/mol. The van der Waals surface area contributed by atoms with E-state index in [-0.39, 0.29) is 11.9 Å². The lowest BCUT2D eigenvalue weighted by Gasteiger charge is -2.19. The molecule has 0 aliphatic heterocycles. The van der Waals surface area contributed by atoms with Crippen LogP contribution in [-0.2, 0) is 4.79 Å². The van der Waals surface area contributed by atoms with Crippen LogP contribution in [0.2, 0.25) is 0 Å². The lowest BCUT2D eigenvalue weighted by Crippen LogP contribution is -2.42. The van der Waals surface area contributed by atoms with Crippen molar-refractivity contribution >= 4 is 29.0 Å². The summed E-state index contributed by atoms with van der Waals surface area (Å²) in [6, 6.07) is 3.81. The fraction of sp³-hybridized carbons (Fsp3) is 0.615. The zero-order valence-electron chi connectivity index (χ0n) is 11.0. The number of carbonyl (C=O) groups excluding carboxylic acids is 1. The van der Waals surface area contributed by atoms with Gasteiger partial charge in [-0.3, -0.25) is 4.79 Å². The smallest absolute Gasteiger partial charge is 0.237 e. The zero-order chi connectivity index (χ0) is 13.4. The van der Waals surface area contributed by atoms with Gasteiger partial charge in [0.05, 0.1) is 12.1 Å². The first-order valence-electron chi connectivity index (χ1n) is 6.27. The van der Waals surface area contributed by atoms with Crippen LogP contribution in [0.3, 0.4) is 0 Å². The van der Waals surface area contributed by atoms with Crippen LogP contribution in [0.5, 0.6) is 0 Å². The molecule has 18 heavy (non-hydrogen) atoms. The number of hydrogen-bond donors (Lipinski definition) is 2. The lowest BCUT2D eigenvalue weighted by molar-refractivity contribution is -0.123. The van der Waals surface area contributed by atoms with E-state index in [4.69, 9.17) is 5.73 Å². The summed E-state index contributed by atoms with van der Waals surface area (Å²) in [5, 5.41) is 5.11. The van der Waals surface area contributed by atoms with Gasteiger partial charge in [-0.25, -0.2) is 0 Å². The largest absolute Gasteiger partial charge is 0.347 e. The van der Waals surface area contributed by atoms with Gasteiger partial charge >= 0.3 is 0 Å². The number of carbonyl (C=O) groups is 1. The molecule has 1 unspecified atom stereocenters. The van der Waals surface area contributed by atoms with Crippen molar-refractivity contribution in [3.63, 3.8) is 0 Å². The van der Waals surface area contributed by atoms with Crippen LogP contribution in [0.25, 0.3) is 0 Å². The van der Waals surface area contributed by atoms with E-state index in [1.54, 1.807) is 23.1 Å². The number of nitrogens with two attached hydrogens (primary N) is 1. The van der Waals surface area contributed by atoms with Gasteiger partial charge in [0, 0.05) is 4.88 Å². The maximum absolute atomic E-state index is 12.0. The minimum atomic E-state index is -0.392. The molecule has 0 spiro atoms. The van der Waals surface area contributed by atoms with E-state index in [9.17, 15) is 4.79 Å². The van der Waals surface area contributed by atoms with Gasteiger partial charge in [0.15, 0.2) is 0 Å². The van der Waals surface area contributed by atoms with E-state index in [0.29, 0.717) is 0 Å². The fourth-order valence-corrected chi connectivity index (χ4v) is 3.02. The average Bonchev–Trinajstić information content (AvgIpc) is 2.89. The highest BCUT2D eigenvalue weighted by Gasteiger charge is 2.19. The Balaban J connectivity index is 2.53. The predicted octanol–water partition coefficient (Wildman–Crippen LogP) is 2.79. The number of thiophene rings is 1. The molecule has 1 amide bonds. The number of hydrogen-bond acceptors (Lipinski definition) is 4. The van der Waals surface area contributed by atoms with Crippen molar-refractivity contribution in [3.05, 3.63) is 22.4 Å². The molecule has 0 aromatic carbocycles. The molecule has 2 atom stereocenters. The monoisotopic (exact) mass is 286 g/mol. The molecule has 3 nitrogen and oxygen atoms in total. The molecular formula is C13H22N2OS2. The summed E-state index contributed by atoms with van der Waals surface area (Å²) in [6.07, 6.45) is 4.76. The van der Waals surface area contributed by atoms with Crippen molar-refractivity contribution in [2.45, 2.75) is 38.3 Å². The van der Waals surface area contributed by atoms with Gasteiger partial charge in [-0.1, -0.05) is 19.4 Å². The topological polar surface area (TPSA) is 55.1 Å². The molecule has 3 N–H and O–H groups in total. The summed E-state index contributed by atoms with van der Waals surface area (Å²) < 4.78 is 0. The molecule has 0 saturated heterocycles. The Hall–Kier alpha value is -0.520. The Bertz CT molecular complexity index is 341. The number of rotatable bonds is 8. The van der Waals surface area contributed by atoms with Crippen LogP contribution in [0.1, 0.15) is 37.1 Å². The van der Waals surface area contributed by atoms with Crippen molar-refractivity contribution < 1.29 is 4.79 Å². The molecule has 102 valence electrons. The van der Waals surface area contributed by atoms with Crippen LogP contribution in [0, 0.1) is 0 Å². The van der Waals surface area contributed by atoms with Crippen molar-refractivity contribution in [1.82, 2.24) is 5.32 Å². The Kier molecular flexibility index (Phi) is 7.39. The van der Waals surface area contributed by atoms with Gasteiger partial charge in [0.25, 0.3) is 0 Å². The summed E-state index contributed by atoms with van der Waals surface area (Å²) in [5.74, 6) is 0.891. The molecule has 1 aromatic heterocycles. The molecule has 1 heterocycles. The molecule has 1 aromatic rings. The van der Waals surface area contributed by atoms with E-state index in [0.717, 1.165) is 25.0 Å². The van der Waals surface area contributed by atoms with Crippen molar-refractivity contribution in [3.8, 4) is 0 Å². The van der Waals surface area contributed by atoms with Gasteiger partial charge < -0.3 is 11.1 Å². The summed E-state index contributed by atoms with van der Waals surface area (Å²) in [6.45, 7) is 2.13. The third-order valence-corrected chi connectivity index (χ3v) is 4.38. The number of nitrogens with one attached hydrogen (secondary N) is 1. The van der Waals surface area contributed by atoms with Crippen LogP contribution < -0.4 is 11.1 Å². The Morgan fingerprint density at radius 2 is 2.33 bits per heavy atom. The van der Waals surface area contributed by atoms with E-state index in [1.165, 1.54) is 4.88 Å². The highest BCUT2D eigenvalue weighted by molar-refractivity contribution is 7.98. The van der Waals surface area contributed by atoms with Gasteiger partial charge in [-0.2, -0.15) is 11.8 Å². The Morgan fingerprint density at radius 1 is 1.56 bits per heavy atom. The summed E-state index contributed by atoms with van der Waals surface area (Å²) in [4.78, 5) is 13.2. The van der Waals surface area contributed by atoms with Crippen molar-refractivity contribution in [2.75, 3.05) is 12.0 Å². The van der Waals surface area contributed by atoms with Gasteiger partial charge in [-0.05, 0) is 36.3 Å². The molecule has 5 heteroatoms. The average molecular weight is 286 g/mol. The maximum Gasteiger partial charge on any atom is 0.237 e. The summed E-state index contributed by atoms with van der Waals surface area (Å²) in [5.41, 5.74) is 5.88. The van der Waals surface area contributed by atoms with E-state index in [2.05, 4.69) is 18.3 Å². The minimum absolute atomic E-state index is 0.0316. The van der Waals surface area contributed by atoms with Crippen LogP contribution in [-0.4, -0.2) is 24.0 Å². The first-order chi connectivity index (χ1) is 8.69. The normalized spacial score (nSPS) is 14.2. The third-order valence-electron chi connectivity index (χ3n) is 2.75. The minimum Gasteiger partial charge on any atom is -0.347 e. The highest BCUT2D eigenvalue weighted by Crippen LogP contribution is 2.23. The maximum atomic E-state index is 12.0. The summed E-state index contributed by atoms with van der Waals surface area (Å²) in [7, 11) is 0. The SMILES string of the molecule is CCCC(NC(=O)[C@@H](N)CCSC)c1cccs1. The predicted molar refractivity (Wildman–Crippen MR) is 81.1 cm³/mol. The van der Waals surface area contributed by atoms with Gasteiger partial charge in [0.2, 0.25) is 5.91 Å². The Morgan fingerprint density at radius 3 is 2.89 bits per heavy atom. The molecule has 1 rings (SSSR count). The van der Waals surface area contributed by atoms with E-state index >= 15 is 0 Å². The first-order valence-corrected chi connectivity index (χ1v) is 8.54. The summed E-state index contributed by atoms with van der Waals surface area (Å²) >= 11 is 3.40. The highest BCUT2D eigenvalue weighted by atomic mass is 32.2. The van der Waals surface area contributed by atoms with Crippen molar-refractivity contribution in [2.24, 2.45) is 5.73 Å². The second kappa shape index (κ2) is 8.56. The molecule has 0 saturated carbocycles. The molecule has 0 radical (unpaired) electrons. The molecule has 0 aliphatic rings. The standard InChI is InChI=1S/C13H22N2OS2/c1-3-5-11(12-6-4-8-18-12)15-13(16)10(14)7-9-17-2/h4,6,8,10-11H,3,5,7,9,14H2,1-2H3,(H,15,16)/t10-,11?/m0/s1. The zero-order valence-corrected chi connectivity index (χ0v) is 12.7. The second-order valence-electron chi connectivity index (χ2n) is 4.25. The van der Waals surface area contributed by atoms with Gasteiger partial charge in [-0.15, -0.1) is 11.3 Å². The van der Waals surface area contributed by atoms with Crippen LogP contribution >= 0.6 is 23.1 Å². The number of thioether (sulfide) groups is 1. The molecule has 0 fully saturated rings. The first kappa shape index (κ1) is 15.5. The quantitative estimate of drug-likeness (QED) is 0.772. The van der Waals surface area contributed by atoms with Crippen molar-refractivity contribution in [1.29, 1.82) is 0 Å². The third kappa shape index (κ3) is 5.00. The van der Waals surface area contributed by atoms with Crippen LogP contribution in [0.15, 0.2) is 17.5 Å². The van der Waals surface area contributed by atoms with Crippen LogP contribution in [0.4, 0.5) is 0 Å². The van der Waals surface area contributed by atoms with E-state index < -0.39 is 6.04 Å². The second-order valence-corrected chi connectivity index (χ2v) is 6.22. The number of amides is 1. The lowest BCUT2D eigenvalue weighted by atomic mass is 10.1. The van der Waals surface area contributed by atoms with E-state index in [1.807, 2.05) is 17.7 Å². The Labute approximate surface area is 118 Å². The molecule has 0 aliphatic carbocycles. The van der Waals surface area contributed by atoms with Gasteiger partial charge in [0.1, 0.15) is 0 Å². The molecule has 0 bridgehead atoms. The fourth-order valence-electron chi connectivity index (χ4n) is 1.72.